The molecule has 2 unspecified atom stereocenters. The van der Waals surface area contributed by atoms with Gasteiger partial charge in [0, 0.05) is 19.2 Å². The quantitative estimate of drug-likeness (QED) is 0.709. The molecule has 0 aliphatic carbocycles. The van der Waals surface area contributed by atoms with Gasteiger partial charge in [0.15, 0.2) is 6.04 Å². The highest BCUT2D eigenvalue weighted by atomic mass is 16.5. The summed E-state index contributed by atoms with van der Waals surface area (Å²) in [6.45, 7) is -0.0548. The summed E-state index contributed by atoms with van der Waals surface area (Å²) < 4.78 is 4.77. The van der Waals surface area contributed by atoms with Crippen LogP contribution in [0.15, 0.2) is 24.3 Å². The monoisotopic (exact) mass is 264 g/mol. The topological polar surface area (TPSA) is 87.7 Å². The molecule has 2 rings (SSSR count). The van der Waals surface area contributed by atoms with Crippen LogP contribution in [-0.4, -0.2) is 42.8 Å². The number of fused-ring (bicyclic) bond motifs is 1. The molecule has 1 aromatic rings. The molecule has 0 saturated heterocycles. The van der Waals surface area contributed by atoms with Crippen molar-refractivity contribution >= 4 is 17.6 Å². The van der Waals surface area contributed by atoms with Crippen molar-refractivity contribution < 1.29 is 19.4 Å². The maximum absolute atomic E-state index is 12.0. The van der Waals surface area contributed by atoms with Crippen molar-refractivity contribution in [3.8, 4) is 0 Å². The first-order valence-electron chi connectivity index (χ1n) is 5.98. The Labute approximate surface area is 110 Å². The van der Waals surface area contributed by atoms with E-state index < -0.39 is 18.1 Å². The predicted molar refractivity (Wildman–Crippen MR) is 69.0 cm³/mol. The van der Waals surface area contributed by atoms with Gasteiger partial charge in [0.2, 0.25) is 5.91 Å². The van der Waals surface area contributed by atoms with Crippen LogP contribution in [0.25, 0.3) is 0 Å². The van der Waals surface area contributed by atoms with E-state index in [1.54, 1.807) is 0 Å². The molecule has 1 heterocycles. The summed E-state index contributed by atoms with van der Waals surface area (Å²) in [6, 6.07) is 6.17. The zero-order valence-electron chi connectivity index (χ0n) is 10.6. The van der Waals surface area contributed by atoms with Gasteiger partial charge in [-0.25, -0.2) is 4.79 Å². The lowest BCUT2D eigenvalue weighted by Crippen LogP contribution is -2.49. The molecule has 0 aromatic heterocycles. The molecule has 1 aliphatic rings. The molecule has 1 aromatic carbocycles. The van der Waals surface area contributed by atoms with Crippen molar-refractivity contribution in [3.63, 3.8) is 0 Å². The van der Waals surface area contributed by atoms with Gasteiger partial charge in [-0.2, -0.15) is 0 Å². The minimum Gasteiger partial charge on any atom is -0.480 e. The number of carbonyl (C=O) groups excluding carboxylic acids is 1. The Morgan fingerprint density at radius 3 is 2.89 bits per heavy atom. The smallest absolute Gasteiger partial charge is 0.328 e. The minimum atomic E-state index is -1.11. The van der Waals surface area contributed by atoms with E-state index in [0.29, 0.717) is 6.42 Å². The zero-order chi connectivity index (χ0) is 13.8. The predicted octanol–water partition coefficient (Wildman–Crippen LogP) is 0.239. The Bertz CT molecular complexity index is 464. The number of carboxylic acid groups (broad SMARTS) is 1. The fourth-order valence-electron chi connectivity index (χ4n) is 2.07. The van der Waals surface area contributed by atoms with Crippen molar-refractivity contribution in [1.29, 1.82) is 0 Å². The number of ether oxygens (including phenoxy) is 1. The number of nitrogens with one attached hydrogen (secondary N) is 2. The molecule has 0 saturated carbocycles. The standard InChI is InChI=1S/C13H16N2O4/c1-19-7-11(13(17)18)15-12(16)10-6-8-4-2-3-5-9(8)14-10/h2-5,10-11,14H,6-7H2,1H3,(H,15,16)(H,17,18). The fraction of sp³-hybridized carbons (Fsp3) is 0.385. The van der Waals surface area contributed by atoms with Gasteiger partial charge in [-0.05, 0) is 11.6 Å². The summed E-state index contributed by atoms with van der Waals surface area (Å²) >= 11 is 0. The van der Waals surface area contributed by atoms with Gasteiger partial charge in [-0.1, -0.05) is 18.2 Å². The number of carbonyl (C=O) groups is 2. The number of aliphatic carboxylic acids is 1. The number of para-hydroxylation sites is 1. The summed E-state index contributed by atoms with van der Waals surface area (Å²) in [4.78, 5) is 23.0. The van der Waals surface area contributed by atoms with Crippen LogP contribution < -0.4 is 10.6 Å². The summed E-state index contributed by atoms with van der Waals surface area (Å²) in [5.41, 5.74) is 1.97. The largest absolute Gasteiger partial charge is 0.480 e. The molecular formula is C13H16N2O4. The van der Waals surface area contributed by atoms with Crippen LogP contribution >= 0.6 is 0 Å². The number of anilines is 1. The second kappa shape index (κ2) is 5.71. The van der Waals surface area contributed by atoms with Gasteiger partial charge in [0.1, 0.15) is 6.04 Å². The van der Waals surface area contributed by atoms with Crippen molar-refractivity contribution in [1.82, 2.24) is 5.32 Å². The summed E-state index contributed by atoms with van der Waals surface area (Å²) in [7, 11) is 1.39. The second-order valence-electron chi connectivity index (χ2n) is 4.41. The first-order chi connectivity index (χ1) is 9.11. The number of amides is 1. The summed E-state index contributed by atoms with van der Waals surface area (Å²) in [5, 5.41) is 14.5. The molecule has 0 bridgehead atoms. The number of hydrogen-bond donors (Lipinski definition) is 3. The van der Waals surface area contributed by atoms with Gasteiger partial charge in [0.05, 0.1) is 6.61 Å². The number of methoxy groups -OCH3 is 1. The molecule has 0 spiro atoms. The first-order valence-corrected chi connectivity index (χ1v) is 5.98. The lowest BCUT2D eigenvalue weighted by Gasteiger charge is -2.17. The number of hydrogen-bond acceptors (Lipinski definition) is 4. The van der Waals surface area contributed by atoms with Crippen molar-refractivity contribution in [2.24, 2.45) is 0 Å². The number of rotatable bonds is 5. The highest BCUT2D eigenvalue weighted by Crippen LogP contribution is 2.25. The maximum atomic E-state index is 12.0. The SMILES string of the molecule is COCC(NC(=O)C1Cc2ccccc2N1)C(=O)O. The highest BCUT2D eigenvalue weighted by molar-refractivity contribution is 5.90. The molecular weight excluding hydrogens is 248 g/mol. The van der Waals surface area contributed by atoms with E-state index in [9.17, 15) is 9.59 Å². The van der Waals surface area contributed by atoms with E-state index >= 15 is 0 Å². The molecule has 3 N–H and O–H groups in total. The Hall–Kier alpha value is -2.08. The fourth-order valence-corrected chi connectivity index (χ4v) is 2.07. The van der Waals surface area contributed by atoms with Gasteiger partial charge in [0.25, 0.3) is 0 Å². The molecule has 6 heteroatoms. The van der Waals surface area contributed by atoms with E-state index in [0.717, 1.165) is 11.3 Å². The Morgan fingerprint density at radius 2 is 2.26 bits per heavy atom. The van der Waals surface area contributed by atoms with E-state index in [-0.39, 0.29) is 12.5 Å². The molecule has 1 aliphatic heterocycles. The third-order valence-electron chi connectivity index (χ3n) is 3.04. The average Bonchev–Trinajstić information content (AvgIpc) is 2.81. The minimum absolute atomic E-state index is 0.0548. The molecule has 0 fully saturated rings. The molecule has 1 amide bonds. The van der Waals surface area contributed by atoms with Crippen LogP contribution in [0.1, 0.15) is 5.56 Å². The maximum Gasteiger partial charge on any atom is 0.328 e. The van der Waals surface area contributed by atoms with E-state index in [1.807, 2.05) is 24.3 Å². The lowest BCUT2D eigenvalue weighted by molar-refractivity contribution is -0.143. The van der Waals surface area contributed by atoms with Gasteiger partial charge in [-0.15, -0.1) is 0 Å². The van der Waals surface area contributed by atoms with Crippen molar-refractivity contribution in [2.45, 2.75) is 18.5 Å². The zero-order valence-corrected chi connectivity index (χ0v) is 10.6. The lowest BCUT2D eigenvalue weighted by atomic mass is 10.1. The Balaban J connectivity index is 1.97. The van der Waals surface area contributed by atoms with Crippen LogP contribution in [-0.2, 0) is 20.7 Å². The van der Waals surface area contributed by atoms with E-state index in [4.69, 9.17) is 9.84 Å². The van der Waals surface area contributed by atoms with Gasteiger partial charge >= 0.3 is 5.97 Å². The van der Waals surface area contributed by atoms with Crippen LogP contribution in [0.4, 0.5) is 5.69 Å². The molecule has 2 atom stereocenters. The van der Waals surface area contributed by atoms with Crippen LogP contribution in [0.2, 0.25) is 0 Å². The molecule has 6 nitrogen and oxygen atoms in total. The second-order valence-corrected chi connectivity index (χ2v) is 4.41. The Morgan fingerprint density at radius 1 is 1.53 bits per heavy atom. The third-order valence-corrected chi connectivity index (χ3v) is 3.04. The molecule has 0 radical (unpaired) electrons. The van der Waals surface area contributed by atoms with E-state index in [2.05, 4.69) is 10.6 Å². The summed E-state index contributed by atoms with van der Waals surface area (Å²) in [6.07, 6.45) is 0.557. The third kappa shape index (κ3) is 3.03. The van der Waals surface area contributed by atoms with Gasteiger partial charge in [-0.3, -0.25) is 4.79 Å². The van der Waals surface area contributed by atoms with E-state index in [1.165, 1.54) is 7.11 Å². The normalized spacial score (nSPS) is 18.3. The first kappa shape index (κ1) is 13.4. The Kier molecular flexibility index (Phi) is 4.01. The van der Waals surface area contributed by atoms with Crippen LogP contribution in [0, 0.1) is 0 Å². The van der Waals surface area contributed by atoms with Crippen molar-refractivity contribution in [3.05, 3.63) is 29.8 Å². The molecule has 102 valence electrons. The summed E-state index contributed by atoms with van der Waals surface area (Å²) in [5.74, 6) is -1.44. The number of carboxylic acids is 1. The molecule has 19 heavy (non-hydrogen) atoms. The van der Waals surface area contributed by atoms with Crippen LogP contribution in [0.5, 0.6) is 0 Å². The van der Waals surface area contributed by atoms with Crippen LogP contribution in [0.3, 0.4) is 0 Å². The average molecular weight is 264 g/mol. The number of benzene rings is 1. The highest BCUT2D eigenvalue weighted by Gasteiger charge is 2.29. The van der Waals surface area contributed by atoms with Crippen molar-refractivity contribution in [2.75, 3.05) is 19.0 Å². The van der Waals surface area contributed by atoms with Gasteiger partial charge < -0.3 is 20.5 Å².